The van der Waals surface area contributed by atoms with Crippen LogP contribution in [0, 0.1) is 5.92 Å². The fraction of sp³-hybridized carbons (Fsp3) is 0.833. The molecule has 0 aliphatic heterocycles. The second-order valence-electron chi connectivity index (χ2n) is 4.52. The first kappa shape index (κ1) is 13.0. The van der Waals surface area contributed by atoms with Crippen molar-refractivity contribution in [1.29, 1.82) is 0 Å². The number of carboxylic acid groups (broad SMARTS) is 1. The normalized spacial score (nSPS) is 19.1. The average Bonchev–Trinajstić information content (AvgIpc) is 2.29. The number of hydrogen-bond donors (Lipinski definition) is 2. The molecule has 1 aliphatic rings. The third kappa shape index (κ3) is 3.83. The minimum atomic E-state index is -0.925. The molecular weight excluding hydrogens is 206 g/mol. The Bertz CT molecular complexity index is 247. The molecule has 16 heavy (non-hydrogen) atoms. The maximum Gasteiger partial charge on any atom is 0.326 e. The first-order valence-corrected chi connectivity index (χ1v) is 6.18. The second kappa shape index (κ2) is 6.51. The maximum absolute atomic E-state index is 11.8. The van der Waals surface area contributed by atoms with Crippen molar-refractivity contribution in [2.75, 3.05) is 0 Å². The van der Waals surface area contributed by atoms with Gasteiger partial charge in [-0.15, -0.1) is 0 Å². The van der Waals surface area contributed by atoms with E-state index in [9.17, 15) is 9.59 Å². The van der Waals surface area contributed by atoms with Crippen molar-refractivity contribution in [3.05, 3.63) is 0 Å². The minimum Gasteiger partial charge on any atom is -0.480 e. The molecule has 0 spiro atoms. The Morgan fingerprint density at radius 2 is 1.94 bits per heavy atom. The average molecular weight is 227 g/mol. The number of rotatable bonds is 5. The Hall–Kier alpha value is -1.06. The number of carbonyl (C=O) groups excluding carboxylic acids is 1. The van der Waals surface area contributed by atoms with E-state index in [-0.39, 0.29) is 11.8 Å². The van der Waals surface area contributed by atoms with E-state index in [1.54, 1.807) is 0 Å². The Morgan fingerprint density at radius 1 is 1.31 bits per heavy atom. The van der Waals surface area contributed by atoms with Crippen molar-refractivity contribution < 1.29 is 14.7 Å². The Labute approximate surface area is 96.4 Å². The molecule has 0 bridgehead atoms. The molecule has 0 aromatic heterocycles. The fourth-order valence-electron chi connectivity index (χ4n) is 2.20. The van der Waals surface area contributed by atoms with Gasteiger partial charge in [-0.1, -0.05) is 32.6 Å². The zero-order chi connectivity index (χ0) is 12.0. The SMILES string of the molecule is CCC[C@H](NC(=O)C1CCCCC1)C(=O)O. The Kier molecular flexibility index (Phi) is 5.29. The zero-order valence-corrected chi connectivity index (χ0v) is 9.87. The molecule has 1 amide bonds. The largest absolute Gasteiger partial charge is 0.480 e. The summed E-state index contributed by atoms with van der Waals surface area (Å²) in [5.41, 5.74) is 0. The Morgan fingerprint density at radius 3 is 2.44 bits per heavy atom. The van der Waals surface area contributed by atoms with Gasteiger partial charge in [0.15, 0.2) is 0 Å². The van der Waals surface area contributed by atoms with E-state index in [4.69, 9.17) is 5.11 Å². The first-order valence-electron chi connectivity index (χ1n) is 6.18. The van der Waals surface area contributed by atoms with Crippen molar-refractivity contribution in [2.24, 2.45) is 5.92 Å². The summed E-state index contributed by atoms with van der Waals surface area (Å²) in [7, 11) is 0. The van der Waals surface area contributed by atoms with Gasteiger partial charge < -0.3 is 10.4 Å². The number of hydrogen-bond acceptors (Lipinski definition) is 2. The quantitative estimate of drug-likeness (QED) is 0.754. The molecule has 1 rings (SSSR count). The van der Waals surface area contributed by atoms with Crippen LogP contribution >= 0.6 is 0 Å². The molecule has 4 heteroatoms. The summed E-state index contributed by atoms with van der Waals surface area (Å²) in [4.78, 5) is 22.7. The van der Waals surface area contributed by atoms with Crippen molar-refractivity contribution in [3.8, 4) is 0 Å². The van der Waals surface area contributed by atoms with Crippen LogP contribution in [0.1, 0.15) is 51.9 Å². The molecule has 1 aliphatic carbocycles. The van der Waals surface area contributed by atoms with Gasteiger partial charge in [0, 0.05) is 5.92 Å². The predicted octanol–water partition coefficient (Wildman–Crippen LogP) is 1.94. The number of amides is 1. The second-order valence-corrected chi connectivity index (χ2v) is 4.52. The van der Waals surface area contributed by atoms with Crippen molar-refractivity contribution in [1.82, 2.24) is 5.32 Å². The lowest BCUT2D eigenvalue weighted by atomic mass is 9.88. The highest BCUT2D eigenvalue weighted by Crippen LogP contribution is 2.23. The molecule has 0 heterocycles. The highest BCUT2D eigenvalue weighted by Gasteiger charge is 2.25. The summed E-state index contributed by atoms with van der Waals surface area (Å²) < 4.78 is 0. The van der Waals surface area contributed by atoms with Gasteiger partial charge in [0.05, 0.1) is 0 Å². The van der Waals surface area contributed by atoms with E-state index < -0.39 is 12.0 Å². The molecule has 4 nitrogen and oxygen atoms in total. The third-order valence-corrected chi connectivity index (χ3v) is 3.17. The van der Waals surface area contributed by atoms with Crippen LogP contribution in [-0.2, 0) is 9.59 Å². The van der Waals surface area contributed by atoms with E-state index in [0.717, 1.165) is 32.1 Å². The van der Waals surface area contributed by atoms with Gasteiger partial charge in [0.2, 0.25) is 5.91 Å². The lowest BCUT2D eigenvalue weighted by Crippen LogP contribution is -2.43. The van der Waals surface area contributed by atoms with Crippen LogP contribution < -0.4 is 5.32 Å². The van der Waals surface area contributed by atoms with Gasteiger partial charge in [-0.2, -0.15) is 0 Å². The molecule has 1 atom stereocenters. The highest BCUT2D eigenvalue weighted by molar-refractivity contribution is 5.84. The van der Waals surface area contributed by atoms with Crippen molar-refractivity contribution in [2.45, 2.75) is 57.9 Å². The van der Waals surface area contributed by atoms with Gasteiger partial charge in [0.1, 0.15) is 6.04 Å². The van der Waals surface area contributed by atoms with Gasteiger partial charge in [-0.3, -0.25) is 4.79 Å². The van der Waals surface area contributed by atoms with Crippen LogP contribution in [0.3, 0.4) is 0 Å². The van der Waals surface area contributed by atoms with Crippen LogP contribution in [0.5, 0.6) is 0 Å². The molecule has 0 unspecified atom stereocenters. The molecule has 0 aromatic rings. The zero-order valence-electron chi connectivity index (χ0n) is 9.87. The molecule has 1 saturated carbocycles. The van der Waals surface area contributed by atoms with Crippen LogP contribution in [0.25, 0.3) is 0 Å². The minimum absolute atomic E-state index is 0.0347. The van der Waals surface area contributed by atoms with Crippen LogP contribution in [0.15, 0.2) is 0 Å². The van der Waals surface area contributed by atoms with Crippen LogP contribution in [-0.4, -0.2) is 23.0 Å². The molecule has 0 saturated heterocycles. The number of nitrogens with one attached hydrogen (secondary N) is 1. The summed E-state index contributed by atoms with van der Waals surface area (Å²) >= 11 is 0. The first-order chi connectivity index (χ1) is 7.65. The van der Waals surface area contributed by atoms with Crippen LogP contribution in [0.4, 0.5) is 0 Å². The molecule has 2 N–H and O–H groups in total. The number of carbonyl (C=O) groups is 2. The molecular formula is C12H21NO3. The molecule has 1 fully saturated rings. The fourth-order valence-corrected chi connectivity index (χ4v) is 2.20. The third-order valence-electron chi connectivity index (χ3n) is 3.17. The molecule has 0 radical (unpaired) electrons. The summed E-state index contributed by atoms with van der Waals surface area (Å²) in [6.07, 6.45) is 6.46. The smallest absolute Gasteiger partial charge is 0.326 e. The topological polar surface area (TPSA) is 66.4 Å². The van der Waals surface area contributed by atoms with Gasteiger partial charge in [-0.05, 0) is 19.3 Å². The van der Waals surface area contributed by atoms with Crippen LogP contribution in [0.2, 0.25) is 0 Å². The monoisotopic (exact) mass is 227 g/mol. The Balaban J connectivity index is 2.43. The number of aliphatic carboxylic acids is 1. The van der Waals surface area contributed by atoms with E-state index in [1.165, 1.54) is 6.42 Å². The molecule has 0 aromatic carbocycles. The standard InChI is InChI=1S/C12H21NO3/c1-2-6-10(12(15)16)13-11(14)9-7-4-3-5-8-9/h9-10H,2-8H2,1H3,(H,13,14)(H,15,16)/t10-/m0/s1. The van der Waals surface area contributed by atoms with Gasteiger partial charge in [0.25, 0.3) is 0 Å². The summed E-state index contributed by atoms with van der Waals surface area (Å²) in [5.74, 6) is -0.959. The summed E-state index contributed by atoms with van der Waals surface area (Å²) in [5, 5.41) is 11.6. The van der Waals surface area contributed by atoms with E-state index in [1.807, 2.05) is 6.92 Å². The summed E-state index contributed by atoms with van der Waals surface area (Å²) in [6, 6.07) is -0.709. The maximum atomic E-state index is 11.8. The van der Waals surface area contributed by atoms with Crippen molar-refractivity contribution in [3.63, 3.8) is 0 Å². The predicted molar refractivity (Wildman–Crippen MR) is 61.0 cm³/mol. The van der Waals surface area contributed by atoms with E-state index >= 15 is 0 Å². The van der Waals surface area contributed by atoms with Gasteiger partial charge in [-0.25, -0.2) is 4.79 Å². The lowest BCUT2D eigenvalue weighted by molar-refractivity contribution is -0.142. The lowest BCUT2D eigenvalue weighted by Gasteiger charge is -2.23. The van der Waals surface area contributed by atoms with E-state index in [0.29, 0.717) is 6.42 Å². The number of carboxylic acids is 1. The van der Waals surface area contributed by atoms with E-state index in [2.05, 4.69) is 5.32 Å². The van der Waals surface area contributed by atoms with Gasteiger partial charge >= 0.3 is 5.97 Å². The van der Waals surface area contributed by atoms with Crippen molar-refractivity contribution >= 4 is 11.9 Å². The highest BCUT2D eigenvalue weighted by atomic mass is 16.4. The summed E-state index contributed by atoms with van der Waals surface area (Å²) in [6.45, 7) is 1.92. The molecule has 92 valence electrons.